The Balaban J connectivity index is 1.76. The van der Waals surface area contributed by atoms with Gasteiger partial charge in [0, 0.05) is 17.3 Å². The molecular formula is C20H19N3O2. The molecule has 0 saturated heterocycles. The van der Waals surface area contributed by atoms with Crippen molar-refractivity contribution in [2.24, 2.45) is 0 Å². The zero-order valence-electron chi connectivity index (χ0n) is 14.2. The van der Waals surface area contributed by atoms with Crippen molar-refractivity contribution in [1.82, 2.24) is 9.55 Å². The summed E-state index contributed by atoms with van der Waals surface area (Å²) in [6.45, 7) is 3.86. The second kappa shape index (κ2) is 7.13. The van der Waals surface area contributed by atoms with Crippen molar-refractivity contribution in [3.8, 4) is 11.3 Å². The van der Waals surface area contributed by atoms with E-state index in [1.165, 1.54) is 17.0 Å². The third kappa shape index (κ3) is 3.83. The SMILES string of the molecule is Cc1cccc(NC(=O)Cn2cnc(-c3ccccc3)cc2=O)c1C. The number of nitrogens with one attached hydrogen (secondary N) is 1. The van der Waals surface area contributed by atoms with Crippen molar-refractivity contribution in [3.63, 3.8) is 0 Å². The first kappa shape index (κ1) is 16.6. The predicted octanol–water partition coefficient (Wildman–Crippen LogP) is 3.17. The summed E-state index contributed by atoms with van der Waals surface area (Å²) in [7, 11) is 0. The fraction of sp³-hybridized carbons (Fsp3) is 0.150. The maximum atomic E-state index is 12.3. The molecule has 1 N–H and O–H groups in total. The van der Waals surface area contributed by atoms with Gasteiger partial charge in [-0.25, -0.2) is 4.98 Å². The summed E-state index contributed by atoms with van der Waals surface area (Å²) in [6.07, 6.45) is 1.41. The van der Waals surface area contributed by atoms with E-state index in [2.05, 4.69) is 10.3 Å². The molecule has 3 aromatic rings. The summed E-state index contributed by atoms with van der Waals surface area (Å²) in [5.41, 5.74) is 4.07. The van der Waals surface area contributed by atoms with E-state index in [-0.39, 0.29) is 18.0 Å². The molecule has 1 amide bonds. The summed E-state index contributed by atoms with van der Waals surface area (Å²) < 4.78 is 1.30. The quantitative estimate of drug-likeness (QED) is 0.797. The van der Waals surface area contributed by atoms with Crippen LogP contribution in [0.1, 0.15) is 11.1 Å². The van der Waals surface area contributed by atoms with Crippen molar-refractivity contribution < 1.29 is 4.79 Å². The van der Waals surface area contributed by atoms with E-state index in [0.29, 0.717) is 5.69 Å². The smallest absolute Gasteiger partial charge is 0.254 e. The van der Waals surface area contributed by atoms with Gasteiger partial charge in [0.1, 0.15) is 6.54 Å². The predicted molar refractivity (Wildman–Crippen MR) is 98.5 cm³/mol. The molecule has 0 aliphatic carbocycles. The molecule has 0 bridgehead atoms. The van der Waals surface area contributed by atoms with Crippen LogP contribution in [-0.4, -0.2) is 15.5 Å². The number of benzene rings is 2. The molecule has 0 saturated carbocycles. The minimum Gasteiger partial charge on any atom is -0.324 e. The molecule has 0 aliphatic heterocycles. The zero-order valence-corrected chi connectivity index (χ0v) is 14.2. The minimum atomic E-state index is -0.259. The van der Waals surface area contributed by atoms with Crippen LogP contribution < -0.4 is 10.9 Å². The number of carbonyl (C=O) groups is 1. The van der Waals surface area contributed by atoms with Crippen LogP contribution in [0.5, 0.6) is 0 Å². The molecule has 0 spiro atoms. The van der Waals surface area contributed by atoms with Gasteiger partial charge in [-0.1, -0.05) is 42.5 Å². The summed E-state index contributed by atoms with van der Waals surface area (Å²) in [6, 6.07) is 16.6. The van der Waals surface area contributed by atoms with Crippen molar-refractivity contribution in [2.75, 3.05) is 5.32 Å². The van der Waals surface area contributed by atoms with E-state index in [0.717, 1.165) is 22.4 Å². The summed E-state index contributed by atoms with van der Waals surface area (Å²) in [5, 5.41) is 2.85. The molecule has 2 aromatic carbocycles. The number of rotatable bonds is 4. The van der Waals surface area contributed by atoms with Gasteiger partial charge in [-0.2, -0.15) is 0 Å². The normalized spacial score (nSPS) is 10.5. The van der Waals surface area contributed by atoms with Crippen LogP contribution in [0.3, 0.4) is 0 Å². The van der Waals surface area contributed by atoms with Crippen LogP contribution in [-0.2, 0) is 11.3 Å². The molecule has 0 fully saturated rings. The Bertz CT molecular complexity index is 962. The molecule has 3 rings (SSSR count). The van der Waals surface area contributed by atoms with Crippen molar-refractivity contribution in [1.29, 1.82) is 0 Å². The van der Waals surface area contributed by atoms with Gasteiger partial charge >= 0.3 is 0 Å². The zero-order chi connectivity index (χ0) is 17.8. The number of carbonyl (C=O) groups excluding carboxylic acids is 1. The number of aromatic nitrogens is 2. The van der Waals surface area contributed by atoms with Crippen molar-refractivity contribution >= 4 is 11.6 Å². The number of hydrogen-bond donors (Lipinski definition) is 1. The molecular weight excluding hydrogens is 314 g/mol. The van der Waals surface area contributed by atoms with Crippen LogP contribution in [0.4, 0.5) is 5.69 Å². The monoisotopic (exact) mass is 333 g/mol. The van der Waals surface area contributed by atoms with Crippen molar-refractivity contribution in [3.05, 3.63) is 82.4 Å². The number of anilines is 1. The maximum absolute atomic E-state index is 12.3. The van der Waals surface area contributed by atoms with E-state index in [4.69, 9.17) is 0 Å². The Hall–Kier alpha value is -3.21. The minimum absolute atomic E-state index is 0.0751. The molecule has 0 unspecified atom stereocenters. The lowest BCUT2D eigenvalue weighted by molar-refractivity contribution is -0.116. The van der Waals surface area contributed by atoms with E-state index < -0.39 is 0 Å². The highest BCUT2D eigenvalue weighted by Gasteiger charge is 2.09. The maximum Gasteiger partial charge on any atom is 0.254 e. The lowest BCUT2D eigenvalue weighted by Gasteiger charge is -2.11. The van der Waals surface area contributed by atoms with Crippen LogP contribution in [0.2, 0.25) is 0 Å². The fourth-order valence-electron chi connectivity index (χ4n) is 2.54. The highest BCUT2D eigenvalue weighted by molar-refractivity contribution is 5.91. The van der Waals surface area contributed by atoms with Crippen LogP contribution >= 0.6 is 0 Å². The Morgan fingerprint density at radius 3 is 2.56 bits per heavy atom. The average molecular weight is 333 g/mol. The highest BCUT2D eigenvalue weighted by atomic mass is 16.2. The number of amides is 1. The van der Waals surface area contributed by atoms with Gasteiger partial charge < -0.3 is 5.32 Å². The largest absolute Gasteiger partial charge is 0.324 e. The van der Waals surface area contributed by atoms with Gasteiger partial charge in [-0.15, -0.1) is 0 Å². The van der Waals surface area contributed by atoms with Crippen molar-refractivity contribution in [2.45, 2.75) is 20.4 Å². The molecule has 0 atom stereocenters. The number of aryl methyl sites for hydroxylation is 1. The first-order valence-corrected chi connectivity index (χ1v) is 8.02. The summed E-state index contributed by atoms with van der Waals surface area (Å²) >= 11 is 0. The topological polar surface area (TPSA) is 64.0 Å². The van der Waals surface area contributed by atoms with E-state index in [1.54, 1.807) is 0 Å². The number of hydrogen-bond acceptors (Lipinski definition) is 3. The van der Waals surface area contributed by atoms with Gasteiger partial charge in [0.2, 0.25) is 5.91 Å². The Labute approximate surface area is 146 Å². The second-order valence-corrected chi connectivity index (χ2v) is 5.90. The molecule has 1 heterocycles. The molecule has 0 radical (unpaired) electrons. The van der Waals surface area contributed by atoms with Gasteiger partial charge in [0.15, 0.2) is 0 Å². The lowest BCUT2D eigenvalue weighted by atomic mass is 10.1. The third-order valence-corrected chi connectivity index (χ3v) is 4.14. The Morgan fingerprint density at radius 1 is 1.08 bits per heavy atom. The third-order valence-electron chi connectivity index (χ3n) is 4.14. The Morgan fingerprint density at radius 2 is 1.84 bits per heavy atom. The van der Waals surface area contributed by atoms with Gasteiger partial charge in [0.25, 0.3) is 5.56 Å². The number of nitrogens with zero attached hydrogens (tertiary/aromatic N) is 2. The van der Waals surface area contributed by atoms with Crippen LogP contribution in [0, 0.1) is 13.8 Å². The summed E-state index contributed by atoms with van der Waals surface area (Å²) in [5.74, 6) is -0.259. The first-order chi connectivity index (χ1) is 12.0. The van der Waals surface area contributed by atoms with E-state index in [9.17, 15) is 9.59 Å². The molecule has 0 aliphatic rings. The molecule has 1 aromatic heterocycles. The second-order valence-electron chi connectivity index (χ2n) is 5.90. The van der Waals surface area contributed by atoms with E-state index in [1.807, 2.05) is 62.4 Å². The molecule has 5 nitrogen and oxygen atoms in total. The fourth-order valence-corrected chi connectivity index (χ4v) is 2.54. The van der Waals surface area contributed by atoms with Crippen LogP contribution in [0.25, 0.3) is 11.3 Å². The van der Waals surface area contributed by atoms with Gasteiger partial charge in [0.05, 0.1) is 12.0 Å². The molecule has 126 valence electrons. The molecule has 25 heavy (non-hydrogen) atoms. The highest BCUT2D eigenvalue weighted by Crippen LogP contribution is 2.18. The average Bonchev–Trinajstić information content (AvgIpc) is 2.61. The van der Waals surface area contributed by atoms with Gasteiger partial charge in [-0.3, -0.25) is 14.2 Å². The lowest BCUT2D eigenvalue weighted by Crippen LogP contribution is -2.27. The first-order valence-electron chi connectivity index (χ1n) is 8.02. The Kier molecular flexibility index (Phi) is 4.75. The van der Waals surface area contributed by atoms with E-state index >= 15 is 0 Å². The molecule has 5 heteroatoms. The van der Waals surface area contributed by atoms with Gasteiger partial charge in [-0.05, 0) is 31.0 Å². The standard InChI is InChI=1S/C20H19N3O2/c1-14-7-6-10-17(15(14)2)22-19(24)12-23-13-21-18(11-20(23)25)16-8-4-3-5-9-16/h3-11,13H,12H2,1-2H3,(H,22,24). The summed E-state index contributed by atoms with van der Waals surface area (Å²) in [4.78, 5) is 28.8. The van der Waals surface area contributed by atoms with Crippen LogP contribution in [0.15, 0.2) is 65.7 Å².